The highest BCUT2D eigenvalue weighted by molar-refractivity contribution is 7.45. The van der Waals surface area contributed by atoms with Crippen LogP contribution < -0.4 is 10.2 Å². The molecular formula is C74H129N2O7P. The first kappa shape index (κ1) is 80.4. The molecule has 0 aliphatic heterocycles. The van der Waals surface area contributed by atoms with E-state index < -0.39 is 26.6 Å². The Balaban J connectivity index is 5.19. The first-order valence-electron chi connectivity index (χ1n) is 34.3. The van der Waals surface area contributed by atoms with Gasteiger partial charge in [0.25, 0.3) is 7.82 Å². The smallest absolute Gasteiger partial charge is 0.306 e. The number of quaternary nitrogens is 1. The second-order valence-corrected chi connectivity index (χ2v) is 25.4. The van der Waals surface area contributed by atoms with Gasteiger partial charge in [0.05, 0.1) is 33.8 Å². The van der Waals surface area contributed by atoms with Gasteiger partial charge in [0.2, 0.25) is 5.91 Å². The molecule has 0 fully saturated rings. The molecule has 84 heavy (non-hydrogen) atoms. The summed E-state index contributed by atoms with van der Waals surface area (Å²) in [5.74, 6) is -0.570. The van der Waals surface area contributed by atoms with Gasteiger partial charge >= 0.3 is 5.97 Å². The molecule has 0 heterocycles. The van der Waals surface area contributed by atoms with Crippen LogP contribution in [0, 0.1) is 0 Å². The third-order valence-corrected chi connectivity index (χ3v) is 15.6. The number of nitrogens with one attached hydrogen (secondary N) is 1. The average molecular weight is 1190 g/mol. The van der Waals surface area contributed by atoms with E-state index in [2.05, 4.69) is 135 Å². The van der Waals surface area contributed by atoms with E-state index in [0.29, 0.717) is 23.9 Å². The quantitative estimate of drug-likeness (QED) is 0.0212. The van der Waals surface area contributed by atoms with E-state index in [1.165, 1.54) is 116 Å². The number of allylic oxidation sites excluding steroid dienone is 19. The van der Waals surface area contributed by atoms with E-state index in [1.807, 2.05) is 33.3 Å². The van der Waals surface area contributed by atoms with Gasteiger partial charge in [0.15, 0.2) is 0 Å². The summed E-state index contributed by atoms with van der Waals surface area (Å²) >= 11 is 0. The van der Waals surface area contributed by atoms with Crippen molar-refractivity contribution in [2.24, 2.45) is 0 Å². The van der Waals surface area contributed by atoms with Gasteiger partial charge in [-0.2, -0.15) is 0 Å². The van der Waals surface area contributed by atoms with Crippen LogP contribution in [0.1, 0.15) is 284 Å². The molecule has 9 nitrogen and oxygen atoms in total. The fraction of sp³-hybridized carbons (Fsp3) is 0.703. The number of phosphoric ester groups is 1. The van der Waals surface area contributed by atoms with Crippen molar-refractivity contribution in [3.63, 3.8) is 0 Å². The molecule has 0 aliphatic rings. The van der Waals surface area contributed by atoms with Gasteiger partial charge in [0, 0.05) is 12.8 Å². The molecule has 0 saturated carbocycles. The molecule has 10 heteroatoms. The molecule has 3 unspecified atom stereocenters. The Bertz CT molecular complexity index is 1850. The maximum Gasteiger partial charge on any atom is 0.306 e. The lowest BCUT2D eigenvalue weighted by Gasteiger charge is -2.30. The van der Waals surface area contributed by atoms with E-state index in [0.717, 1.165) is 128 Å². The standard InChI is InChI=1S/C74H129N2O7P/c1-7-10-13-16-19-22-25-28-30-32-34-36-38-40-42-44-46-48-51-54-57-60-63-66-73(77)75-71(70-82-84(79,80)81-69-68-76(4,5)6)72(65-62-59-56-53-50-27-24-21-18-15-12-9-3)83-74(78)67-64-61-58-55-52-49-47-45-43-41-39-37-35-33-31-29-26-23-20-17-14-11-8-2/h10,13,19-20,22-23,28-31,34-37,40-43,62,65,71-72H,7-9,11-12,14-18,21,24-27,32-33,38-39,44-61,63-64,66-70H2,1-6H3,(H-,75,77,79,80)/b13-10-,22-19-,23-20-,30-28-,31-29-,36-34-,37-35-,42-40-,43-41-,65-62+. The minimum atomic E-state index is -4.72. The van der Waals surface area contributed by atoms with Gasteiger partial charge in [-0.05, 0) is 122 Å². The summed E-state index contributed by atoms with van der Waals surface area (Å²) in [6.07, 6.45) is 87.4. The van der Waals surface area contributed by atoms with Gasteiger partial charge < -0.3 is 28.5 Å². The number of esters is 1. The summed E-state index contributed by atoms with van der Waals surface area (Å²) in [5.41, 5.74) is 0. The third kappa shape index (κ3) is 62.9. The number of carbonyl (C=O) groups excluding carboxylic acids is 2. The second kappa shape index (κ2) is 62.5. The van der Waals surface area contributed by atoms with Gasteiger partial charge in [0.1, 0.15) is 19.3 Å². The Morgan fingerprint density at radius 2 is 0.762 bits per heavy atom. The first-order chi connectivity index (χ1) is 40.9. The molecule has 0 aromatic heterocycles. The van der Waals surface area contributed by atoms with Crippen LogP contribution in [0.25, 0.3) is 0 Å². The van der Waals surface area contributed by atoms with Crippen molar-refractivity contribution in [3.8, 4) is 0 Å². The van der Waals surface area contributed by atoms with Crippen molar-refractivity contribution in [3.05, 3.63) is 122 Å². The molecule has 3 atom stereocenters. The minimum absolute atomic E-state index is 0.0328. The highest BCUT2D eigenvalue weighted by Gasteiger charge is 2.27. The number of phosphoric acid groups is 1. The molecule has 0 saturated heterocycles. The molecule has 0 rings (SSSR count). The molecule has 0 aliphatic carbocycles. The molecule has 482 valence electrons. The summed E-state index contributed by atoms with van der Waals surface area (Å²) < 4.78 is 30.4. The van der Waals surface area contributed by atoms with E-state index in [9.17, 15) is 19.0 Å². The normalized spacial score (nSPS) is 14.3. The second-order valence-electron chi connectivity index (χ2n) is 23.9. The summed E-state index contributed by atoms with van der Waals surface area (Å²) in [6, 6.07) is -0.909. The number of rotatable bonds is 61. The summed E-state index contributed by atoms with van der Waals surface area (Å²) in [5, 5.41) is 3.03. The van der Waals surface area contributed by atoms with Gasteiger partial charge in [-0.15, -0.1) is 0 Å². The first-order valence-corrected chi connectivity index (χ1v) is 35.8. The number of ether oxygens (including phenoxy) is 1. The molecular weight excluding hydrogens is 1060 g/mol. The van der Waals surface area contributed by atoms with Crippen molar-refractivity contribution in [2.45, 2.75) is 296 Å². The van der Waals surface area contributed by atoms with E-state index >= 15 is 0 Å². The van der Waals surface area contributed by atoms with Crippen LogP contribution in [-0.2, 0) is 27.9 Å². The van der Waals surface area contributed by atoms with Crippen LogP contribution >= 0.6 is 7.82 Å². The fourth-order valence-corrected chi connectivity index (χ4v) is 10.1. The number of amides is 1. The minimum Gasteiger partial charge on any atom is -0.756 e. The lowest BCUT2D eigenvalue weighted by Crippen LogP contribution is -2.47. The molecule has 0 radical (unpaired) electrons. The van der Waals surface area contributed by atoms with Crippen LogP contribution in [0.15, 0.2) is 122 Å². The lowest BCUT2D eigenvalue weighted by molar-refractivity contribution is -0.870. The van der Waals surface area contributed by atoms with Crippen LogP contribution in [-0.4, -0.2) is 69.4 Å². The topological polar surface area (TPSA) is 114 Å². The number of hydrogen-bond acceptors (Lipinski definition) is 7. The molecule has 0 bridgehead atoms. The Labute approximate surface area is 518 Å². The number of hydrogen-bond donors (Lipinski definition) is 1. The predicted molar refractivity (Wildman–Crippen MR) is 362 cm³/mol. The monoisotopic (exact) mass is 1190 g/mol. The Hall–Kier alpha value is -3.59. The summed E-state index contributed by atoms with van der Waals surface area (Å²) in [6.45, 7) is 6.69. The Kier molecular flexibility index (Phi) is 59.8. The maximum absolute atomic E-state index is 13.6. The largest absolute Gasteiger partial charge is 0.756 e. The van der Waals surface area contributed by atoms with Gasteiger partial charge in [-0.3, -0.25) is 14.2 Å². The van der Waals surface area contributed by atoms with Crippen molar-refractivity contribution in [1.82, 2.24) is 5.32 Å². The molecule has 0 spiro atoms. The Morgan fingerprint density at radius 1 is 0.429 bits per heavy atom. The van der Waals surface area contributed by atoms with Crippen molar-refractivity contribution in [2.75, 3.05) is 40.9 Å². The van der Waals surface area contributed by atoms with Gasteiger partial charge in [-0.25, -0.2) is 0 Å². The average Bonchev–Trinajstić information content (AvgIpc) is 3.64. The summed E-state index contributed by atoms with van der Waals surface area (Å²) in [7, 11) is 1.16. The number of nitrogens with zero attached hydrogens (tertiary/aromatic N) is 1. The van der Waals surface area contributed by atoms with Crippen LogP contribution in [0.2, 0.25) is 0 Å². The van der Waals surface area contributed by atoms with Crippen LogP contribution in [0.3, 0.4) is 0 Å². The van der Waals surface area contributed by atoms with E-state index in [1.54, 1.807) is 0 Å². The molecule has 1 amide bonds. The van der Waals surface area contributed by atoms with E-state index in [-0.39, 0.29) is 24.9 Å². The summed E-state index contributed by atoms with van der Waals surface area (Å²) in [4.78, 5) is 40.2. The molecule has 0 aromatic carbocycles. The maximum atomic E-state index is 13.6. The number of likely N-dealkylation sites (N-methyl/N-ethyl adjacent to an activating group) is 1. The predicted octanol–water partition coefficient (Wildman–Crippen LogP) is 21.2. The highest BCUT2D eigenvalue weighted by Crippen LogP contribution is 2.38. The van der Waals surface area contributed by atoms with Gasteiger partial charge in [-0.1, -0.05) is 271 Å². The fourth-order valence-electron chi connectivity index (χ4n) is 9.36. The Morgan fingerprint density at radius 3 is 1.17 bits per heavy atom. The van der Waals surface area contributed by atoms with Crippen LogP contribution in [0.5, 0.6) is 0 Å². The number of unbranched alkanes of at least 4 members (excludes halogenated alkanes) is 27. The zero-order chi connectivity index (χ0) is 61.4. The number of carbonyl (C=O) groups is 2. The van der Waals surface area contributed by atoms with Crippen LogP contribution in [0.4, 0.5) is 0 Å². The third-order valence-electron chi connectivity index (χ3n) is 14.6. The van der Waals surface area contributed by atoms with Crippen molar-refractivity contribution >= 4 is 19.7 Å². The SMILES string of the molecule is CC/C=C\C/C=C\C/C=C\C/C=C\C/C=C\CCCCCCCCCC(=O)NC(COP(=O)([O-])OCC[N+](C)(C)C)C(/C=C/CCCCCCCCCCCC)OC(=O)CCCCCCCCC/C=C\C/C=C\C/C=C\C/C=C\CCCCC. The molecule has 0 aromatic rings. The highest BCUT2D eigenvalue weighted by atomic mass is 31.2. The zero-order valence-corrected chi connectivity index (χ0v) is 56.0. The zero-order valence-electron chi connectivity index (χ0n) is 55.1. The molecule has 1 N–H and O–H groups in total. The van der Waals surface area contributed by atoms with Crippen molar-refractivity contribution < 1.29 is 37.3 Å². The van der Waals surface area contributed by atoms with E-state index in [4.69, 9.17) is 13.8 Å². The van der Waals surface area contributed by atoms with Crippen molar-refractivity contribution in [1.29, 1.82) is 0 Å². The lowest BCUT2D eigenvalue weighted by atomic mass is 10.0.